The van der Waals surface area contributed by atoms with Gasteiger partial charge < -0.3 is 15.0 Å². The van der Waals surface area contributed by atoms with E-state index in [9.17, 15) is 0 Å². The molecule has 106 valence electrons. The van der Waals surface area contributed by atoms with Gasteiger partial charge in [-0.15, -0.1) is 0 Å². The Kier molecular flexibility index (Phi) is 5.16. The lowest BCUT2D eigenvalue weighted by molar-refractivity contribution is -0.00545. The van der Waals surface area contributed by atoms with E-state index in [-0.39, 0.29) is 12.2 Å². The Morgan fingerprint density at radius 2 is 2.05 bits per heavy atom. The van der Waals surface area contributed by atoms with Crippen LogP contribution < -0.4 is 10.2 Å². The van der Waals surface area contributed by atoms with E-state index in [0.717, 1.165) is 38.4 Å². The largest absolute Gasteiger partial charge is 0.372 e. The Balaban J connectivity index is 1.93. The summed E-state index contributed by atoms with van der Waals surface area (Å²) in [4.78, 5) is 6.89. The molecule has 1 fully saturated rings. The number of anilines is 1. The quantitative estimate of drug-likeness (QED) is 0.826. The van der Waals surface area contributed by atoms with Crippen molar-refractivity contribution in [3.05, 3.63) is 23.9 Å². The van der Waals surface area contributed by atoms with Crippen molar-refractivity contribution in [1.82, 2.24) is 10.3 Å². The number of aromatic nitrogens is 1. The summed E-state index contributed by atoms with van der Waals surface area (Å²) < 4.78 is 5.75. The molecule has 1 aliphatic heterocycles. The first-order valence-electron chi connectivity index (χ1n) is 7.25. The maximum absolute atomic E-state index is 5.75. The Hall–Kier alpha value is -1.13. The van der Waals surface area contributed by atoms with Gasteiger partial charge in [-0.3, -0.25) is 0 Å². The van der Waals surface area contributed by atoms with E-state index in [1.165, 1.54) is 5.56 Å². The highest BCUT2D eigenvalue weighted by molar-refractivity contribution is 5.40. The van der Waals surface area contributed by atoms with Crippen LogP contribution in [0.3, 0.4) is 0 Å². The van der Waals surface area contributed by atoms with Crippen molar-refractivity contribution in [2.45, 2.75) is 45.9 Å². The third-order valence-electron chi connectivity index (χ3n) is 3.31. The number of hydrogen-bond donors (Lipinski definition) is 1. The number of nitrogens with zero attached hydrogens (tertiary/aromatic N) is 2. The van der Waals surface area contributed by atoms with Crippen molar-refractivity contribution in [3.8, 4) is 0 Å². The standard InChI is InChI=1S/C15H25N3O/c1-4-7-16-8-14-5-6-15(17-9-14)18-10-12(2)19-13(3)11-18/h5-6,9,12-13,16H,4,7-8,10-11H2,1-3H3/t12-,13+. The summed E-state index contributed by atoms with van der Waals surface area (Å²) in [5.41, 5.74) is 1.24. The first kappa shape index (κ1) is 14.3. The lowest BCUT2D eigenvalue weighted by atomic mass is 10.2. The maximum atomic E-state index is 5.75. The van der Waals surface area contributed by atoms with Crippen molar-refractivity contribution in [2.75, 3.05) is 24.5 Å². The summed E-state index contributed by atoms with van der Waals surface area (Å²) in [5, 5.41) is 3.39. The molecule has 0 amide bonds. The number of pyridine rings is 1. The minimum atomic E-state index is 0.274. The Morgan fingerprint density at radius 3 is 2.63 bits per heavy atom. The highest BCUT2D eigenvalue weighted by Gasteiger charge is 2.22. The van der Waals surface area contributed by atoms with Gasteiger partial charge in [0.1, 0.15) is 5.82 Å². The van der Waals surface area contributed by atoms with E-state index in [1.807, 2.05) is 6.20 Å². The zero-order valence-electron chi connectivity index (χ0n) is 12.2. The second kappa shape index (κ2) is 6.87. The summed E-state index contributed by atoms with van der Waals surface area (Å²) in [5.74, 6) is 1.06. The lowest BCUT2D eigenvalue weighted by Gasteiger charge is -2.36. The van der Waals surface area contributed by atoms with Crippen LogP contribution >= 0.6 is 0 Å². The Bertz CT molecular complexity index is 369. The van der Waals surface area contributed by atoms with Crippen LogP contribution in [0.4, 0.5) is 5.82 Å². The molecule has 1 aliphatic rings. The van der Waals surface area contributed by atoms with Crippen LogP contribution in [0, 0.1) is 0 Å². The molecule has 0 radical (unpaired) electrons. The molecule has 4 nitrogen and oxygen atoms in total. The third-order valence-corrected chi connectivity index (χ3v) is 3.31. The predicted molar refractivity (Wildman–Crippen MR) is 78.5 cm³/mol. The van der Waals surface area contributed by atoms with Crippen LogP contribution in [0.25, 0.3) is 0 Å². The number of nitrogens with one attached hydrogen (secondary N) is 1. The molecule has 19 heavy (non-hydrogen) atoms. The van der Waals surface area contributed by atoms with Crippen LogP contribution in [-0.4, -0.2) is 36.8 Å². The van der Waals surface area contributed by atoms with Crippen molar-refractivity contribution in [3.63, 3.8) is 0 Å². The van der Waals surface area contributed by atoms with Crippen molar-refractivity contribution < 1.29 is 4.74 Å². The molecule has 0 spiro atoms. The number of morpholine rings is 1. The molecule has 2 rings (SSSR count). The fourth-order valence-corrected chi connectivity index (χ4v) is 2.48. The second-order valence-corrected chi connectivity index (χ2v) is 5.36. The van der Waals surface area contributed by atoms with E-state index in [0.29, 0.717) is 0 Å². The number of hydrogen-bond acceptors (Lipinski definition) is 4. The molecule has 0 bridgehead atoms. The molecule has 2 atom stereocenters. The van der Waals surface area contributed by atoms with Crippen molar-refractivity contribution >= 4 is 5.82 Å². The van der Waals surface area contributed by atoms with Crippen LogP contribution in [0.1, 0.15) is 32.8 Å². The van der Waals surface area contributed by atoms with E-state index >= 15 is 0 Å². The zero-order chi connectivity index (χ0) is 13.7. The van der Waals surface area contributed by atoms with E-state index < -0.39 is 0 Å². The smallest absolute Gasteiger partial charge is 0.128 e. The van der Waals surface area contributed by atoms with Gasteiger partial charge in [0.05, 0.1) is 12.2 Å². The Morgan fingerprint density at radius 1 is 1.32 bits per heavy atom. The van der Waals surface area contributed by atoms with E-state index in [1.54, 1.807) is 0 Å². The van der Waals surface area contributed by atoms with Crippen LogP contribution in [-0.2, 0) is 11.3 Å². The SMILES string of the molecule is CCCNCc1ccc(N2C[C@@H](C)O[C@@H](C)C2)nc1. The average molecular weight is 263 g/mol. The molecule has 4 heteroatoms. The van der Waals surface area contributed by atoms with Gasteiger partial charge in [0.25, 0.3) is 0 Å². The highest BCUT2D eigenvalue weighted by Crippen LogP contribution is 2.18. The first-order valence-corrected chi connectivity index (χ1v) is 7.25. The highest BCUT2D eigenvalue weighted by atomic mass is 16.5. The van der Waals surface area contributed by atoms with E-state index in [4.69, 9.17) is 4.74 Å². The Labute approximate surface area is 116 Å². The summed E-state index contributed by atoms with van der Waals surface area (Å²) in [6.07, 6.45) is 3.69. The molecule has 2 heterocycles. The zero-order valence-corrected chi connectivity index (χ0v) is 12.2. The fourth-order valence-electron chi connectivity index (χ4n) is 2.48. The van der Waals surface area contributed by atoms with Gasteiger partial charge in [0.15, 0.2) is 0 Å². The minimum absolute atomic E-state index is 0.274. The van der Waals surface area contributed by atoms with Crippen molar-refractivity contribution in [1.29, 1.82) is 0 Å². The molecule has 0 saturated carbocycles. The summed E-state index contributed by atoms with van der Waals surface area (Å²) in [7, 11) is 0. The van der Waals surface area contributed by atoms with Gasteiger partial charge >= 0.3 is 0 Å². The van der Waals surface area contributed by atoms with Gasteiger partial charge in [-0.1, -0.05) is 13.0 Å². The molecule has 0 unspecified atom stereocenters. The summed E-state index contributed by atoms with van der Waals surface area (Å²) >= 11 is 0. The van der Waals surface area contributed by atoms with Gasteiger partial charge in [0.2, 0.25) is 0 Å². The number of rotatable bonds is 5. The normalized spacial score (nSPS) is 23.6. The maximum Gasteiger partial charge on any atom is 0.128 e. The molecule has 0 aliphatic carbocycles. The van der Waals surface area contributed by atoms with Crippen LogP contribution in [0.15, 0.2) is 18.3 Å². The van der Waals surface area contributed by atoms with Gasteiger partial charge in [-0.05, 0) is 38.4 Å². The molecular formula is C15H25N3O. The second-order valence-electron chi connectivity index (χ2n) is 5.36. The van der Waals surface area contributed by atoms with Crippen LogP contribution in [0.2, 0.25) is 0 Å². The molecule has 1 saturated heterocycles. The van der Waals surface area contributed by atoms with Crippen molar-refractivity contribution in [2.24, 2.45) is 0 Å². The van der Waals surface area contributed by atoms with Crippen LogP contribution in [0.5, 0.6) is 0 Å². The predicted octanol–water partition coefficient (Wildman–Crippen LogP) is 2.19. The van der Waals surface area contributed by atoms with E-state index in [2.05, 4.69) is 48.1 Å². The lowest BCUT2D eigenvalue weighted by Crippen LogP contribution is -2.45. The third kappa shape index (κ3) is 4.18. The topological polar surface area (TPSA) is 37.4 Å². The first-order chi connectivity index (χ1) is 9.19. The summed E-state index contributed by atoms with van der Waals surface area (Å²) in [6, 6.07) is 4.28. The summed E-state index contributed by atoms with van der Waals surface area (Å²) in [6.45, 7) is 10.2. The molecule has 1 aromatic heterocycles. The van der Waals surface area contributed by atoms with Gasteiger partial charge in [-0.2, -0.15) is 0 Å². The molecular weight excluding hydrogens is 238 g/mol. The van der Waals surface area contributed by atoms with Gasteiger partial charge in [0, 0.05) is 25.8 Å². The number of ether oxygens (including phenoxy) is 1. The minimum Gasteiger partial charge on any atom is -0.372 e. The molecule has 0 aromatic carbocycles. The average Bonchev–Trinajstić information content (AvgIpc) is 2.39. The molecule has 1 aromatic rings. The van der Waals surface area contributed by atoms with Gasteiger partial charge in [-0.25, -0.2) is 4.98 Å². The molecule has 1 N–H and O–H groups in total. The monoisotopic (exact) mass is 263 g/mol. The fraction of sp³-hybridized carbons (Fsp3) is 0.667.